The van der Waals surface area contributed by atoms with Crippen molar-refractivity contribution in [3.8, 4) is 55.6 Å². The molecule has 0 saturated heterocycles. The summed E-state index contributed by atoms with van der Waals surface area (Å²) in [6.07, 6.45) is 0. The van der Waals surface area contributed by atoms with Crippen LogP contribution < -0.4 is 0 Å². The largest absolute Gasteiger partial charge is 0.0610 e. The van der Waals surface area contributed by atoms with Crippen molar-refractivity contribution in [2.75, 3.05) is 0 Å². The van der Waals surface area contributed by atoms with Gasteiger partial charge in [0.1, 0.15) is 0 Å². The van der Waals surface area contributed by atoms with E-state index >= 15 is 0 Å². The first-order chi connectivity index (χ1) is 21.3. The standard InChI is InChI=1S/C42H30Br2/c1-23-15-24(2)18-28(17-23)38-34-12-11-31(44)22-37(34)39(29-19-25(3)16-26(4)20-29)41-35-10-6-9-33-32(27-7-5-8-30(43)21-27)13-14-36(40(33)35)42(38)41/h5-22H,1-4H3. The van der Waals surface area contributed by atoms with Crippen LogP contribution in [0, 0.1) is 27.7 Å². The molecule has 0 N–H and O–H groups in total. The number of halogens is 2. The zero-order valence-electron chi connectivity index (χ0n) is 25.1. The molecule has 0 atom stereocenters. The predicted molar refractivity (Wildman–Crippen MR) is 197 cm³/mol. The molecule has 7 aromatic rings. The van der Waals surface area contributed by atoms with Crippen LogP contribution in [0.5, 0.6) is 0 Å². The third-order valence-electron chi connectivity index (χ3n) is 9.01. The molecule has 0 radical (unpaired) electrons. The molecule has 0 fully saturated rings. The fourth-order valence-electron chi connectivity index (χ4n) is 7.57. The molecular weight excluding hydrogens is 664 g/mol. The smallest absolute Gasteiger partial charge is 0.0181 e. The van der Waals surface area contributed by atoms with Gasteiger partial charge < -0.3 is 0 Å². The van der Waals surface area contributed by atoms with E-state index < -0.39 is 0 Å². The summed E-state index contributed by atoms with van der Waals surface area (Å²) in [6, 6.07) is 41.0. The number of fused-ring (bicyclic) bond motifs is 4. The summed E-state index contributed by atoms with van der Waals surface area (Å²) in [7, 11) is 0. The molecule has 7 aromatic carbocycles. The molecule has 8 rings (SSSR count). The van der Waals surface area contributed by atoms with Gasteiger partial charge in [-0.15, -0.1) is 0 Å². The molecule has 44 heavy (non-hydrogen) atoms. The zero-order valence-corrected chi connectivity index (χ0v) is 28.3. The lowest BCUT2D eigenvalue weighted by molar-refractivity contribution is 1.38. The van der Waals surface area contributed by atoms with Gasteiger partial charge in [-0.2, -0.15) is 0 Å². The van der Waals surface area contributed by atoms with Gasteiger partial charge in [-0.1, -0.05) is 139 Å². The Balaban J connectivity index is 1.60. The van der Waals surface area contributed by atoms with Gasteiger partial charge in [0.25, 0.3) is 0 Å². The Labute approximate surface area is 275 Å². The van der Waals surface area contributed by atoms with Crippen molar-refractivity contribution in [3.05, 3.63) is 140 Å². The molecule has 1 aliphatic rings. The Morgan fingerprint density at radius 2 is 0.909 bits per heavy atom. The average Bonchev–Trinajstić information content (AvgIpc) is 3.30. The van der Waals surface area contributed by atoms with Gasteiger partial charge in [0.15, 0.2) is 0 Å². The van der Waals surface area contributed by atoms with Gasteiger partial charge in [-0.25, -0.2) is 0 Å². The van der Waals surface area contributed by atoms with Crippen LogP contribution in [0.1, 0.15) is 22.3 Å². The number of benzene rings is 7. The molecule has 0 saturated carbocycles. The van der Waals surface area contributed by atoms with Gasteiger partial charge >= 0.3 is 0 Å². The summed E-state index contributed by atoms with van der Waals surface area (Å²) in [4.78, 5) is 0. The minimum Gasteiger partial charge on any atom is -0.0610 e. The highest BCUT2D eigenvalue weighted by Crippen LogP contribution is 2.58. The maximum Gasteiger partial charge on any atom is 0.0181 e. The lowest BCUT2D eigenvalue weighted by atomic mass is 9.81. The van der Waals surface area contributed by atoms with Crippen LogP contribution in [0.3, 0.4) is 0 Å². The molecule has 0 bridgehead atoms. The van der Waals surface area contributed by atoms with Crippen LogP contribution >= 0.6 is 31.9 Å². The maximum absolute atomic E-state index is 3.85. The molecule has 2 heteroatoms. The van der Waals surface area contributed by atoms with Crippen LogP contribution in [0.4, 0.5) is 0 Å². The second-order valence-electron chi connectivity index (χ2n) is 12.3. The maximum atomic E-state index is 3.85. The minimum atomic E-state index is 1.09. The average molecular weight is 695 g/mol. The fraction of sp³-hybridized carbons (Fsp3) is 0.0952. The highest BCUT2D eigenvalue weighted by atomic mass is 79.9. The normalized spacial score (nSPS) is 11.9. The van der Waals surface area contributed by atoms with Gasteiger partial charge in [0, 0.05) is 8.95 Å². The van der Waals surface area contributed by atoms with E-state index in [-0.39, 0.29) is 0 Å². The lowest BCUT2D eigenvalue weighted by Gasteiger charge is -2.21. The molecule has 0 aromatic heterocycles. The number of hydrogen-bond acceptors (Lipinski definition) is 0. The zero-order chi connectivity index (χ0) is 30.3. The van der Waals surface area contributed by atoms with Crippen molar-refractivity contribution < 1.29 is 0 Å². The molecule has 0 nitrogen and oxygen atoms in total. The Morgan fingerprint density at radius 3 is 1.55 bits per heavy atom. The molecule has 1 aliphatic carbocycles. The van der Waals surface area contributed by atoms with Gasteiger partial charge in [-0.3, -0.25) is 0 Å². The Bertz CT molecular complexity index is 2300. The lowest BCUT2D eigenvalue weighted by Crippen LogP contribution is -1.95. The summed E-state index contributed by atoms with van der Waals surface area (Å²) in [5.74, 6) is 0. The number of hydrogen-bond donors (Lipinski definition) is 0. The van der Waals surface area contributed by atoms with Crippen molar-refractivity contribution >= 4 is 53.4 Å². The Hall–Kier alpha value is -3.98. The van der Waals surface area contributed by atoms with Crippen molar-refractivity contribution in [1.29, 1.82) is 0 Å². The van der Waals surface area contributed by atoms with Crippen molar-refractivity contribution in [3.63, 3.8) is 0 Å². The Kier molecular flexibility index (Phi) is 6.45. The van der Waals surface area contributed by atoms with E-state index in [2.05, 4.69) is 169 Å². The van der Waals surface area contributed by atoms with E-state index in [1.54, 1.807) is 0 Å². The molecular formula is C42H30Br2. The monoisotopic (exact) mass is 692 g/mol. The van der Waals surface area contributed by atoms with Crippen molar-refractivity contribution in [1.82, 2.24) is 0 Å². The van der Waals surface area contributed by atoms with E-state index in [0.717, 1.165) is 8.95 Å². The van der Waals surface area contributed by atoms with E-state index in [1.165, 1.54) is 99.4 Å². The SMILES string of the molecule is Cc1cc(C)cc(-c2c3c(c(-c4cc(C)cc(C)c4)c4cc(Br)ccc24)-c2cccc4c(-c5cccc(Br)c5)ccc-3c24)c1. The topological polar surface area (TPSA) is 0 Å². The summed E-state index contributed by atoms with van der Waals surface area (Å²) in [6.45, 7) is 8.83. The molecule has 0 spiro atoms. The van der Waals surface area contributed by atoms with E-state index in [0.29, 0.717) is 0 Å². The third-order valence-corrected chi connectivity index (χ3v) is 9.99. The molecule has 0 amide bonds. The van der Waals surface area contributed by atoms with Crippen LogP contribution in [0.15, 0.2) is 118 Å². The summed E-state index contributed by atoms with van der Waals surface area (Å²) < 4.78 is 2.18. The summed E-state index contributed by atoms with van der Waals surface area (Å²) in [5.41, 5.74) is 18.1. The van der Waals surface area contributed by atoms with Crippen LogP contribution in [0.2, 0.25) is 0 Å². The molecule has 212 valence electrons. The number of rotatable bonds is 3. The van der Waals surface area contributed by atoms with Gasteiger partial charge in [0.05, 0.1) is 0 Å². The Morgan fingerprint density at radius 1 is 0.364 bits per heavy atom. The second-order valence-corrected chi connectivity index (χ2v) is 14.2. The highest BCUT2D eigenvalue weighted by Gasteiger charge is 2.31. The molecule has 0 heterocycles. The fourth-order valence-corrected chi connectivity index (χ4v) is 8.33. The van der Waals surface area contributed by atoms with Crippen LogP contribution in [-0.2, 0) is 0 Å². The number of aryl methyl sites for hydroxylation is 4. The minimum absolute atomic E-state index is 1.09. The molecule has 0 aliphatic heterocycles. The van der Waals surface area contributed by atoms with Gasteiger partial charge in [0.2, 0.25) is 0 Å². The first kappa shape index (κ1) is 27.6. The van der Waals surface area contributed by atoms with Crippen molar-refractivity contribution in [2.24, 2.45) is 0 Å². The molecule has 0 unspecified atom stereocenters. The second kappa shape index (κ2) is 10.3. The van der Waals surface area contributed by atoms with E-state index in [1.807, 2.05) is 0 Å². The highest BCUT2D eigenvalue weighted by molar-refractivity contribution is 9.10. The quantitative estimate of drug-likeness (QED) is 0.173. The van der Waals surface area contributed by atoms with Crippen LogP contribution in [-0.4, -0.2) is 0 Å². The summed E-state index contributed by atoms with van der Waals surface area (Å²) in [5, 5.41) is 5.18. The predicted octanol–water partition coefficient (Wildman–Crippen LogP) is 13.4. The van der Waals surface area contributed by atoms with E-state index in [9.17, 15) is 0 Å². The van der Waals surface area contributed by atoms with Crippen LogP contribution in [0.25, 0.3) is 77.2 Å². The first-order valence-corrected chi connectivity index (χ1v) is 16.6. The van der Waals surface area contributed by atoms with E-state index in [4.69, 9.17) is 0 Å². The first-order valence-electron chi connectivity index (χ1n) is 15.1. The summed E-state index contributed by atoms with van der Waals surface area (Å²) >= 11 is 7.56. The van der Waals surface area contributed by atoms with Gasteiger partial charge in [-0.05, 0) is 129 Å². The third kappa shape index (κ3) is 4.30. The van der Waals surface area contributed by atoms with Crippen molar-refractivity contribution in [2.45, 2.75) is 27.7 Å².